The average molecular weight is 372 g/mol. The maximum absolute atomic E-state index is 12.4. The van der Waals surface area contributed by atoms with Crippen molar-refractivity contribution in [3.63, 3.8) is 0 Å². The van der Waals surface area contributed by atoms with Crippen LogP contribution in [0.4, 0.5) is 0 Å². The number of Topliss-reactive ketones (excluding diaryl/α,β-unsaturated/α-hetero) is 1. The molecule has 1 fully saturated rings. The monoisotopic (exact) mass is 372 g/mol. The Morgan fingerprint density at radius 2 is 1.89 bits per heavy atom. The lowest BCUT2D eigenvalue weighted by Crippen LogP contribution is -2.54. The number of amides is 1. The number of hydrogen-bond donors (Lipinski definition) is 2. The summed E-state index contributed by atoms with van der Waals surface area (Å²) in [6.45, 7) is 2.67. The summed E-state index contributed by atoms with van der Waals surface area (Å²) in [7, 11) is 0. The summed E-state index contributed by atoms with van der Waals surface area (Å²) in [5.41, 5.74) is 3.32. The van der Waals surface area contributed by atoms with Crippen LogP contribution in [0.25, 0.3) is 0 Å². The maximum Gasteiger partial charge on any atom is 0.317 e. The summed E-state index contributed by atoms with van der Waals surface area (Å²) < 4.78 is 0. The Balaban J connectivity index is 1.39. The highest BCUT2D eigenvalue weighted by molar-refractivity contribution is 5.98. The van der Waals surface area contributed by atoms with Crippen molar-refractivity contribution in [3.05, 3.63) is 34.9 Å². The first kappa shape index (κ1) is 19.5. The molecular formula is C21H28N2O4. The third-order valence-corrected chi connectivity index (χ3v) is 5.74. The number of likely N-dealkylation sites (N-methyl/N-ethyl adjacent to an activating group) is 1. The minimum Gasteiger partial charge on any atom is -0.480 e. The summed E-state index contributed by atoms with van der Waals surface area (Å²) >= 11 is 0. The Morgan fingerprint density at radius 1 is 1.15 bits per heavy atom. The predicted molar refractivity (Wildman–Crippen MR) is 102 cm³/mol. The quantitative estimate of drug-likeness (QED) is 0.649. The normalized spacial score (nSPS) is 20.8. The van der Waals surface area contributed by atoms with Crippen LogP contribution in [0.5, 0.6) is 0 Å². The first-order valence-corrected chi connectivity index (χ1v) is 9.86. The second kappa shape index (κ2) is 8.65. The second-order valence-corrected chi connectivity index (χ2v) is 7.61. The molecule has 2 N–H and O–H groups in total. The van der Waals surface area contributed by atoms with Crippen molar-refractivity contribution < 1.29 is 19.5 Å². The molecule has 0 aliphatic heterocycles. The molecule has 6 nitrogen and oxygen atoms in total. The Kier molecular flexibility index (Phi) is 6.26. The number of hydrogen-bond acceptors (Lipinski definition) is 4. The van der Waals surface area contributed by atoms with Gasteiger partial charge in [0.25, 0.3) is 0 Å². The van der Waals surface area contributed by atoms with Crippen molar-refractivity contribution in [3.8, 4) is 0 Å². The molecule has 2 aliphatic rings. The predicted octanol–water partition coefficient (Wildman–Crippen LogP) is 2.19. The molecule has 0 radical (unpaired) electrons. The van der Waals surface area contributed by atoms with E-state index in [1.807, 2.05) is 30.0 Å². The molecule has 0 bridgehead atoms. The first-order chi connectivity index (χ1) is 13.0. The zero-order valence-electron chi connectivity index (χ0n) is 15.9. The summed E-state index contributed by atoms with van der Waals surface area (Å²) in [5, 5.41) is 11.9. The topological polar surface area (TPSA) is 86.7 Å². The van der Waals surface area contributed by atoms with Gasteiger partial charge in [-0.15, -0.1) is 0 Å². The van der Waals surface area contributed by atoms with Gasteiger partial charge in [-0.25, -0.2) is 0 Å². The summed E-state index contributed by atoms with van der Waals surface area (Å²) in [6.07, 6.45) is 5.24. The third-order valence-electron chi connectivity index (χ3n) is 5.74. The second-order valence-electron chi connectivity index (χ2n) is 7.61. The van der Waals surface area contributed by atoms with Gasteiger partial charge in [0.15, 0.2) is 5.78 Å². The van der Waals surface area contributed by atoms with Crippen molar-refractivity contribution in [2.75, 3.05) is 13.1 Å². The van der Waals surface area contributed by atoms with Crippen molar-refractivity contribution in [2.45, 2.75) is 64.0 Å². The number of carboxylic acid groups (broad SMARTS) is 1. The highest BCUT2D eigenvalue weighted by Crippen LogP contribution is 2.26. The van der Waals surface area contributed by atoms with Gasteiger partial charge in [-0.2, -0.15) is 0 Å². The average Bonchev–Trinajstić information content (AvgIpc) is 3.08. The fourth-order valence-corrected chi connectivity index (χ4v) is 4.09. The largest absolute Gasteiger partial charge is 0.480 e. The molecular weight excluding hydrogens is 344 g/mol. The van der Waals surface area contributed by atoms with Gasteiger partial charge in [0.05, 0.1) is 6.54 Å². The minimum absolute atomic E-state index is 0.0185. The van der Waals surface area contributed by atoms with E-state index >= 15 is 0 Å². The van der Waals surface area contributed by atoms with E-state index in [0.717, 1.165) is 32.1 Å². The van der Waals surface area contributed by atoms with Crippen LogP contribution < -0.4 is 5.32 Å². The fraction of sp³-hybridized carbons (Fsp3) is 0.571. The van der Waals surface area contributed by atoms with Crippen LogP contribution in [-0.2, 0) is 22.4 Å². The molecule has 1 saturated carbocycles. The molecule has 6 heteroatoms. The molecule has 1 aromatic rings. The molecule has 0 unspecified atom stereocenters. The van der Waals surface area contributed by atoms with Crippen LogP contribution in [0.3, 0.4) is 0 Å². The van der Waals surface area contributed by atoms with Crippen molar-refractivity contribution in [1.82, 2.24) is 10.2 Å². The van der Waals surface area contributed by atoms with E-state index in [-0.39, 0.29) is 43.2 Å². The van der Waals surface area contributed by atoms with E-state index in [9.17, 15) is 14.4 Å². The van der Waals surface area contributed by atoms with Gasteiger partial charge in [-0.3, -0.25) is 19.3 Å². The van der Waals surface area contributed by atoms with Crippen molar-refractivity contribution in [2.24, 2.45) is 0 Å². The molecule has 0 saturated heterocycles. The number of fused-ring (bicyclic) bond motifs is 1. The molecule has 0 heterocycles. The summed E-state index contributed by atoms with van der Waals surface area (Å²) in [6, 6.07) is 6.20. The zero-order valence-corrected chi connectivity index (χ0v) is 15.9. The van der Waals surface area contributed by atoms with Crippen LogP contribution in [-0.4, -0.2) is 52.8 Å². The van der Waals surface area contributed by atoms with Gasteiger partial charge in [-0.05, 0) is 55.8 Å². The number of aryl methyl sites for hydroxylation is 2. The van der Waals surface area contributed by atoms with E-state index in [4.69, 9.17) is 5.11 Å². The van der Waals surface area contributed by atoms with Gasteiger partial charge in [0, 0.05) is 30.5 Å². The Bertz CT molecular complexity index is 725. The lowest BCUT2D eigenvalue weighted by atomic mass is 9.85. The van der Waals surface area contributed by atoms with Crippen LogP contribution in [0.2, 0.25) is 0 Å². The van der Waals surface area contributed by atoms with E-state index in [0.29, 0.717) is 12.1 Å². The maximum atomic E-state index is 12.4. The SMILES string of the molecule is CCN(CC(=O)O)C1CC(NC(=O)CCC(=O)c2ccc3c(c2)CCC3)C1. The molecule has 3 rings (SSSR count). The number of rotatable bonds is 9. The number of aliphatic carboxylic acids is 1. The van der Waals surface area contributed by atoms with Gasteiger partial charge >= 0.3 is 5.97 Å². The molecule has 27 heavy (non-hydrogen) atoms. The number of carbonyl (C=O) groups is 3. The van der Waals surface area contributed by atoms with E-state index in [2.05, 4.69) is 5.32 Å². The van der Waals surface area contributed by atoms with Gasteiger partial charge < -0.3 is 10.4 Å². The van der Waals surface area contributed by atoms with Crippen LogP contribution in [0.15, 0.2) is 18.2 Å². The van der Waals surface area contributed by atoms with Gasteiger partial charge in [0.2, 0.25) is 5.91 Å². The Morgan fingerprint density at radius 3 is 2.59 bits per heavy atom. The van der Waals surface area contributed by atoms with Crippen molar-refractivity contribution in [1.29, 1.82) is 0 Å². The van der Waals surface area contributed by atoms with E-state index in [1.165, 1.54) is 11.1 Å². The first-order valence-electron chi connectivity index (χ1n) is 9.86. The molecule has 0 spiro atoms. The number of carbonyl (C=O) groups excluding carboxylic acids is 2. The molecule has 2 aliphatic carbocycles. The van der Waals surface area contributed by atoms with E-state index in [1.54, 1.807) is 0 Å². The van der Waals surface area contributed by atoms with Crippen LogP contribution in [0.1, 0.15) is 60.5 Å². The number of ketones is 1. The Hall–Kier alpha value is -2.21. The van der Waals surface area contributed by atoms with Crippen LogP contribution >= 0.6 is 0 Å². The van der Waals surface area contributed by atoms with Crippen molar-refractivity contribution >= 4 is 17.7 Å². The third kappa shape index (κ3) is 4.95. The van der Waals surface area contributed by atoms with Gasteiger partial charge in [0.1, 0.15) is 0 Å². The fourth-order valence-electron chi connectivity index (χ4n) is 4.09. The highest BCUT2D eigenvalue weighted by atomic mass is 16.4. The zero-order chi connectivity index (χ0) is 19.4. The molecule has 0 aromatic heterocycles. The lowest BCUT2D eigenvalue weighted by Gasteiger charge is -2.42. The van der Waals surface area contributed by atoms with Gasteiger partial charge in [-0.1, -0.05) is 19.1 Å². The highest BCUT2D eigenvalue weighted by Gasteiger charge is 2.34. The van der Waals surface area contributed by atoms with E-state index < -0.39 is 5.97 Å². The molecule has 1 aromatic carbocycles. The van der Waals surface area contributed by atoms with Crippen LogP contribution in [0, 0.1) is 0 Å². The smallest absolute Gasteiger partial charge is 0.317 e. The molecule has 146 valence electrons. The number of benzene rings is 1. The summed E-state index contributed by atoms with van der Waals surface area (Å²) in [5.74, 6) is -0.909. The standard InChI is InChI=1S/C21H28N2O4/c1-2-23(13-21(26)27)18-11-17(12-18)22-20(25)9-8-19(24)16-7-6-14-4-3-5-15(14)10-16/h6-7,10,17-18H,2-5,8-9,11-13H2,1H3,(H,22,25)(H,26,27). The molecule has 1 amide bonds. The summed E-state index contributed by atoms with van der Waals surface area (Å²) in [4.78, 5) is 37.3. The number of carboxylic acids is 1. The minimum atomic E-state index is -0.825. The molecule has 0 atom stereocenters. The Labute approximate surface area is 159 Å². The number of nitrogens with zero attached hydrogens (tertiary/aromatic N) is 1. The number of nitrogens with one attached hydrogen (secondary N) is 1. The lowest BCUT2D eigenvalue weighted by molar-refractivity contribution is -0.139.